The third-order valence-corrected chi connectivity index (χ3v) is 6.95. The highest BCUT2D eigenvalue weighted by Gasteiger charge is 2.30. The molecule has 0 aliphatic heterocycles. The molecule has 28 heavy (non-hydrogen) atoms. The molecule has 10 heteroatoms. The van der Waals surface area contributed by atoms with Crippen molar-refractivity contribution in [3.05, 3.63) is 44.0 Å². The van der Waals surface area contributed by atoms with E-state index >= 15 is 0 Å². The molecule has 2 aromatic heterocycles. The highest BCUT2D eigenvalue weighted by molar-refractivity contribution is 7.89. The molecule has 0 aliphatic rings. The van der Waals surface area contributed by atoms with Crippen molar-refractivity contribution in [3.63, 3.8) is 0 Å². The van der Waals surface area contributed by atoms with Crippen LogP contribution in [0.2, 0.25) is 0 Å². The summed E-state index contributed by atoms with van der Waals surface area (Å²) >= 11 is 0. The SMILES string of the molecule is CCCN(CCC)S(=O)(=O)c1c(C)nn(Cc2cc(=O)n(C)c(=O)n2C)c1C. The summed E-state index contributed by atoms with van der Waals surface area (Å²) in [4.78, 5) is 24.3. The van der Waals surface area contributed by atoms with Crippen LogP contribution in [-0.2, 0) is 30.7 Å². The zero-order chi connectivity index (χ0) is 21.2. The van der Waals surface area contributed by atoms with Crippen LogP contribution in [0.3, 0.4) is 0 Å². The summed E-state index contributed by atoms with van der Waals surface area (Å²) < 4.78 is 31.8. The fourth-order valence-corrected chi connectivity index (χ4v) is 5.27. The number of aryl methyl sites for hydroxylation is 1. The molecule has 9 nitrogen and oxygen atoms in total. The lowest BCUT2D eigenvalue weighted by atomic mass is 10.3. The Kier molecular flexibility index (Phi) is 6.66. The maximum absolute atomic E-state index is 13.2. The Hall–Kier alpha value is -2.20. The van der Waals surface area contributed by atoms with E-state index < -0.39 is 21.3 Å². The monoisotopic (exact) mass is 411 g/mol. The summed E-state index contributed by atoms with van der Waals surface area (Å²) in [5.41, 5.74) is 0.506. The molecule has 0 saturated heterocycles. The molecular weight excluding hydrogens is 382 g/mol. The Morgan fingerprint density at radius 3 is 2.14 bits per heavy atom. The molecule has 0 radical (unpaired) electrons. The van der Waals surface area contributed by atoms with Crippen LogP contribution >= 0.6 is 0 Å². The van der Waals surface area contributed by atoms with Crippen molar-refractivity contribution in [2.75, 3.05) is 13.1 Å². The van der Waals surface area contributed by atoms with Crippen LogP contribution in [0.15, 0.2) is 20.6 Å². The van der Waals surface area contributed by atoms with E-state index in [9.17, 15) is 18.0 Å². The van der Waals surface area contributed by atoms with Gasteiger partial charge in [-0.3, -0.25) is 18.6 Å². The number of rotatable bonds is 8. The van der Waals surface area contributed by atoms with Crippen LogP contribution < -0.4 is 11.2 Å². The molecule has 0 atom stereocenters. The Labute approximate surface area is 165 Å². The van der Waals surface area contributed by atoms with Gasteiger partial charge >= 0.3 is 5.69 Å². The van der Waals surface area contributed by atoms with Gasteiger partial charge in [0.25, 0.3) is 5.56 Å². The zero-order valence-corrected chi connectivity index (χ0v) is 18.2. The molecule has 0 unspecified atom stereocenters. The first-order chi connectivity index (χ1) is 13.1. The van der Waals surface area contributed by atoms with Crippen molar-refractivity contribution in [3.8, 4) is 0 Å². The summed E-state index contributed by atoms with van der Waals surface area (Å²) in [6, 6.07) is 1.37. The summed E-state index contributed by atoms with van der Waals surface area (Å²) in [7, 11) is -0.686. The second kappa shape index (κ2) is 8.44. The fraction of sp³-hybridized carbons (Fsp3) is 0.611. The summed E-state index contributed by atoms with van der Waals surface area (Å²) in [5, 5.41) is 4.38. The van der Waals surface area contributed by atoms with Gasteiger partial charge in [0.05, 0.1) is 17.9 Å². The van der Waals surface area contributed by atoms with Gasteiger partial charge in [-0.15, -0.1) is 0 Å². The van der Waals surface area contributed by atoms with Crippen LogP contribution in [0, 0.1) is 13.8 Å². The highest BCUT2D eigenvalue weighted by Crippen LogP contribution is 2.24. The number of hydrogen-bond acceptors (Lipinski definition) is 5. The number of aromatic nitrogens is 4. The van der Waals surface area contributed by atoms with E-state index in [1.54, 1.807) is 20.9 Å². The summed E-state index contributed by atoms with van der Waals surface area (Å²) in [5.74, 6) is 0. The second-order valence-electron chi connectivity index (χ2n) is 6.94. The van der Waals surface area contributed by atoms with E-state index in [2.05, 4.69) is 5.10 Å². The molecule has 0 aliphatic carbocycles. The van der Waals surface area contributed by atoms with E-state index in [-0.39, 0.29) is 11.4 Å². The zero-order valence-electron chi connectivity index (χ0n) is 17.4. The van der Waals surface area contributed by atoms with Crippen molar-refractivity contribution < 1.29 is 8.42 Å². The first-order valence-electron chi connectivity index (χ1n) is 9.36. The first-order valence-corrected chi connectivity index (χ1v) is 10.8. The average Bonchev–Trinajstić information content (AvgIpc) is 2.91. The van der Waals surface area contributed by atoms with E-state index in [1.807, 2.05) is 13.8 Å². The molecule has 0 amide bonds. The van der Waals surface area contributed by atoms with Crippen molar-refractivity contribution in [1.29, 1.82) is 0 Å². The summed E-state index contributed by atoms with van der Waals surface area (Å²) in [6.07, 6.45) is 1.45. The molecule has 2 aromatic rings. The Morgan fingerprint density at radius 1 is 1.04 bits per heavy atom. The number of nitrogens with zero attached hydrogens (tertiary/aromatic N) is 5. The quantitative estimate of drug-likeness (QED) is 0.638. The van der Waals surface area contributed by atoms with Crippen molar-refractivity contribution in [2.24, 2.45) is 14.1 Å². The predicted octanol–water partition coefficient (Wildman–Crippen LogP) is 0.756. The van der Waals surface area contributed by atoms with E-state index in [0.717, 1.165) is 17.4 Å². The van der Waals surface area contributed by atoms with E-state index in [4.69, 9.17) is 0 Å². The first kappa shape index (κ1) is 22.1. The molecule has 156 valence electrons. The van der Waals surface area contributed by atoms with Gasteiger partial charge in [-0.2, -0.15) is 9.40 Å². The van der Waals surface area contributed by atoms with Crippen LogP contribution in [0.5, 0.6) is 0 Å². The molecule has 0 aromatic carbocycles. The summed E-state index contributed by atoms with van der Waals surface area (Å²) in [6.45, 7) is 8.27. The Balaban J connectivity index is 2.53. The molecule has 0 bridgehead atoms. The highest BCUT2D eigenvalue weighted by atomic mass is 32.2. The van der Waals surface area contributed by atoms with Crippen LogP contribution in [0.1, 0.15) is 43.8 Å². The lowest BCUT2D eigenvalue weighted by Gasteiger charge is -2.21. The van der Waals surface area contributed by atoms with Gasteiger partial charge in [-0.25, -0.2) is 13.2 Å². The van der Waals surface area contributed by atoms with Gasteiger partial charge in [0, 0.05) is 38.9 Å². The minimum Gasteiger partial charge on any atom is -0.299 e. The fourth-order valence-electron chi connectivity index (χ4n) is 3.27. The normalized spacial score (nSPS) is 12.1. The third-order valence-electron chi connectivity index (χ3n) is 4.80. The molecular formula is C18H29N5O4S. The van der Waals surface area contributed by atoms with Crippen molar-refractivity contribution in [2.45, 2.75) is 52.0 Å². The van der Waals surface area contributed by atoms with Crippen LogP contribution in [0.4, 0.5) is 0 Å². The predicted molar refractivity (Wildman–Crippen MR) is 107 cm³/mol. The maximum Gasteiger partial charge on any atom is 0.330 e. The maximum atomic E-state index is 13.2. The van der Waals surface area contributed by atoms with Gasteiger partial charge in [-0.1, -0.05) is 13.8 Å². The molecule has 2 heterocycles. The lowest BCUT2D eigenvalue weighted by Crippen LogP contribution is -2.38. The largest absolute Gasteiger partial charge is 0.330 e. The minimum atomic E-state index is -3.68. The van der Waals surface area contributed by atoms with Gasteiger partial charge < -0.3 is 0 Å². The molecule has 0 spiro atoms. The van der Waals surface area contributed by atoms with Crippen molar-refractivity contribution in [1.82, 2.24) is 23.2 Å². The third kappa shape index (κ3) is 3.97. The molecule has 2 rings (SSSR count). The Morgan fingerprint density at radius 2 is 1.61 bits per heavy atom. The topological polar surface area (TPSA) is 99.2 Å². The second-order valence-corrected chi connectivity index (χ2v) is 8.81. The van der Waals surface area contributed by atoms with Gasteiger partial charge in [0.1, 0.15) is 4.90 Å². The standard InChI is InChI=1S/C18H29N5O4S/c1-7-9-22(10-8-2)28(26,27)17-13(3)19-23(14(17)4)12-15-11-16(24)21(6)18(25)20(15)5/h11H,7-10,12H2,1-6H3. The van der Waals surface area contributed by atoms with E-state index in [0.29, 0.717) is 30.2 Å². The van der Waals surface area contributed by atoms with Crippen LogP contribution in [0.25, 0.3) is 0 Å². The lowest BCUT2D eigenvalue weighted by molar-refractivity contribution is 0.409. The average molecular weight is 412 g/mol. The van der Waals surface area contributed by atoms with Gasteiger partial charge in [0.15, 0.2) is 0 Å². The van der Waals surface area contributed by atoms with Crippen molar-refractivity contribution >= 4 is 10.0 Å². The van der Waals surface area contributed by atoms with Crippen LogP contribution in [-0.4, -0.2) is 44.7 Å². The minimum absolute atomic E-state index is 0.131. The molecule has 0 N–H and O–H groups in total. The Bertz CT molecular complexity index is 1070. The van der Waals surface area contributed by atoms with Gasteiger partial charge in [-0.05, 0) is 26.7 Å². The molecule has 0 fully saturated rings. The molecule has 0 saturated carbocycles. The van der Waals surface area contributed by atoms with E-state index in [1.165, 1.54) is 26.7 Å². The van der Waals surface area contributed by atoms with Gasteiger partial charge in [0.2, 0.25) is 10.0 Å². The number of hydrogen-bond donors (Lipinski definition) is 0. The smallest absolute Gasteiger partial charge is 0.299 e. The number of sulfonamides is 1.